The lowest BCUT2D eigenvalue weighted by Gasteiger charge is -2.13. The highest BCUT2D eigenvalue weighted by Crippen LogP contribution is 2.35. The highest BCUT2D eigenvalue weighted by molar-refractivity contribution is 6.33. The van der Waals surface area contributed by atoms with Gasteiger partial charge in [-0.1, -0.05) is 17.7 Å². The number of anilines is 2. The molecule has 0 aliphatic rings. The maximum atomic E-state index is 12.6. The minimum absolute atomic E-state index is 0.0600. The van der Waals surface area contributed by atoms with Crippen molar-refractivity contribution in [3.05, 3.63) is 58.1 Å². The van der Waals surface area contributed by atoms with Crippen LogP contribution in [0.4, 0.5) is 24.5 Å². The SMILES string of the molecule is Cc1ccc(C#N)c(Nc2ccc(C(F)(F)F)cc2Cl)c1. The summed E-state index contributed by atoms with van der Waals surface area (Å²) in [7, 11) is 0. The zero-order valence-corrected chi connectivity index (χ0v) is 11.7. The monoisotopic (exact) mass is 310 g/mol. The quantitative estimate of drug-likeness (QED) is 0.819. The Morgan fingerprint density at radius 3 is 2.38 bits per heavy atom. The fourth-order valence-corrected chi connectivity index (χ4v) is 2.02. The lowest BCUT2D eigenvalue weighted by Crippen LogP contribution is -2.05. The van der Waals surface area contributed by atoms with Crippen LogP contribution in [0.25, 0.3) is 0 Å². The molecule has 2 rings (SSSR count). The Morgan fingerprint density at radius 2 is 1.81 bits per heavy atom. The average molecular weight is 311 g/mol. The molecule has 0 amide bonds. The van der Waals surface area contributed by atoms with Crippen LogP contribution in [0.1, 0.15) is 16.7 Å². The number of nitrogens with one attached hydrogen (secondary N) is 1. The summed E-state index contributed by atoms with van der Waals surface area (Å²) in [6.07, 6.45) is -4.44. The third-order valence-corrected chi connectivity index (χ3v) is 3.17. The van der Waals surface area contributed by atoms with Gasteiger partial charge in [-0.15, -0.1) is 0 Å². The largest absolute Gasteiger partial charge is 0.416 e. The van der Waals surface area contributed by atoms with Gasteiger partial charge in [0.15, 0.2) is 0 Å². The predicted molar refractivity (Wildman–Crippen MR) is 75.6 cm³/mol. The first-order valence-corrected chi connectivity index (χ1v) is 6.33. The molecular formula is C15H10ClF3N2. The molecule has 2 nitrogen and oxygen atoms in total. The van der Waals surface area contributed by atoms with Crippen LogP contribution >= 0.6 is 11.6 Å². The van der Waals surface area contributed by atoms with Gasteiger partial charge in [-0.2, -0.15) is 18.4 Å². The molecule has 21 heavy (non-hydrogen) atoms. The maximum Gasteiger partial charge on any atom is 0.416 e. The summed E-state index contributed by atoms with van der Waals surface area (Å²) in [6, 6.07) is 10.2. The van der Waals surface area contributed by atoms with Crippen molar-refractivity contribution in [2.45, 2.75) is 13.1 Å². The van der Waals surface area contributed by atoms with Gasteiger partial charge >= 0.3 is 6.18 Å². The van der Waals surface area contributed by atoms with Gasteiger partial charge in [-0.3, -0.25) is 0 Å². The molecule has 2 aromatic rings. The lowest BCUT2D eigenvalue weighted by atomic mass is 10.1. The van der Waals surface area contributed by atoms with Crippen LogP contribution in [0.3, 0.4) is 0 Å². The summed E-state index contributed by atoms with van der Waals surface area (Å²) in [4.78, 5) is 0. The Morgan fingerprint density at radius 1 is 1.10 bits per heavy atom. The van der Waals surface area contributed by atoms with E-state index in [0.717, 1.165) is 17.7 Å². The van der Waals surface area contributed by atoms with Crippen molar-refractivity contribution in [1.29, 1.82) is 5.26 Å². The highest BCUT2D eigenvalue weighted by atomic mass is 35.5. The second-order valence-electron chi connectivity index (χ2n) is 4.48. The molecule has 2 aromatic carbocycles. The molecule has 1 N–H and O–H groups in total. The molecule has 0 heterocycles. The third-order valence-electron chi connectivity index (χ3n) is 2.86. The Kier molecular flexibility index (Phi) is 4.10. The topological polar surface area (TPSA) is 35.8 Å². The second kappa shape index (κ2) is 5.66. The zero-order chi connectivity index (χ0) is 15.6. The predicted octanol–water partition coefficient (Wildman–Crippen LogP) is 5.28. The Labute approximate surface area is 124 Å². The molecule has 0 saturated heterocycles. The summed E-state index contributed by atoms with van der Waals surface area (Å²) in [6.45, 7) is 1.85. The van der Waals surface area contributed by atoms with Crippen LogP contribution in [0.2, 0.25) is 5.02 Å². The van der Waals surface area contributed by atoms with Crippen LogP contribution in [-0.2, 0) is 6.18 Å². The standard InChI is InChI=1S/C15H10ClF3N2/c1-9-2-3-10(8-20)14(6-9)21-13-5-4-11(7-12(13)16)15(17,18)19/h2-7,21H,1H3. The molecule has 0 bridgehead atoms. The Bertz CT molecular complexity index is 718. The van der Waals surface area contributed by atoms with Crippen molar-refractivity contribution in [1.82, 2.24) is 0 Å². The number of alkyl halides is 3. The van der Waals surface area contributed by atoms with Crippen LogP contribution in [-0.4, -0.2) is 0 Å². The van der Waals surface area contributed by atoms with Gasteiger partial charge in [0.25, 0.3) is 0 Å². The van der Waals surface area contributed by atoms with Crippen LogP contribution < -0.4 is 5.32 Å². The fourth-order valence-electron chi connectivity index (χ4n) is 1.80. The Hall–Kier alpha value is -2.19. The van der Waals surface area contributed by atoms with Gasteiger partial charge in [0.05, 0.1) is 27.5 Å². The van der Waals surface area contributed by atoms with E-state index in [1.165, 1.54) is 6.07 Å². The zero-order valence-electron chi connectivity index (χ0n) is 10.9. The average Bonchev–Trinajstić information content (AvgIpc) is 2.40. The minimum atomic E-state index is -4.44. The van der Waals surface area contributed by atoms with E-state index in [4.69, 9.17) is 16.9 Å². The smallest absolute Gasteiger partial charge is 0.353 e. The fraction of sp³-hybridized carbons (Fsp3) is 0.133. The number of halogens is 4. The van der Waals surface area contributed by atoms with Gasteiger partial charge < -0.3 is 5.32 Å². The van der Waals surface area contributed by atoms with Crippen molar-refractivity contribution in [2.24, 2.45) is 0 Å². The summed E-state index contributed by atoms with van der Waals surface area (Å²) in [5, 5.41) is 11.9. The first kappa shape index (κ1) is 15.2. The molecule has 0 fully saturated rings. The van der Waals surface area contributed by atoms with E-state index in [1.807, 2.05) is 13.0 Å². The number of nitrogens with zero attached hydrogens (tertiary/aromatic N) is 1. The van der Waals surface area contributed by atoms with E-state index in [0.29, 0.717) is 16.9 Å². The van der Waals surface area contributed by atoms with E-state index >= 15 is 0 Å². The summed E-state index contributed by atoms with van der Waals surface area (Å²) in [5.41, 5.74) is 1.30. The van der Waals surface area contributed by atoms with Crippen molar-refractivity contribution >= 4 is 23.0 Å². The van der Waals surface area contributed by atoms with E-state index in [2.05, 4.69) is 5.32 Å². The normalized spacial score (nSPS) is 11.0. The first-order chi connectivity index (χ1) is 9.81. The van der Waals surface area contributed by atoms with Crippen molar-refractivity contribution in [3.8, 4) is 6.07 Å². The number of hydrogen-bond donors (Lipinski definition) is 1. The molecule has 0 aliphatic carbocycles. The number of benzene rings is 2. The second-order valence-corrected chi connectivity index (χ2v) is 4.89. The molecular weight excluding hydrogens is 301 g/mol. The van der Waals surface area contributed by atoms with Gasteiger partial charge in [0.1, 0.15) is 6.07 Å². The molecule has 0 atom stereocenters. The summed E-state index contributed by atoms with van der Waals surface area (Å²) < 4.78 is 37.7. The lowest BCUT2D eigenvalue weighted by molar-refractivity contribution is -0.137. The highest BCUT2D eigenvalue weighted by Gasteiger charge is 2.30. The van der Waals surface area contributed by atoms with Crippen molar-refractivity contribution in [2.75, 3.05) is 5.32 Å². The van der Waals surface area contributed by atoms with E-state index < -0.39 is 11.7 Å². The Balaban J connectivity index is 2.37. The summed E-state index contributed by atoms with van der Waals surface area (Å²) in [5.74, 6) is 0. The van der Waals surface area contributed by atoms with Crippen molar-refractivity contribution < 1.29 is 13.2 Å². The van der Waals surface area contributed by atoms with Gasteiger partial charge in [-0.25, -0.2) is 0 Å². The first-order valence-electron chi connectivity index (χ1n) is 5.96. The number of aryl methyl sites for hydroxylation is 1. The molecule has 0 saturated carbocycles. The molecule has 0 spiro atoms. The molecule has 6 heteroatoms. The van der Waals surface area contributed by atoms with E-state index in [9.17, 15) is 13.2 Å². The minimum Gasteiger partial charge on any atom is -0.353 e. The number of rotatable bonds is 2. The van der Waals surface area contributed by atoms with Crippen molar-refractivity contribution in [3.63, 3.8) is 0 Å². The summed E-state index contributed by atoms with van der Waals surface area (Å²) >= 11 is 5.88. The van der Waals surface area contributed by atoms with Crippen LogP contribution in [0, 0.1) is 18.3 Å². The molecule has 0 aliphatic heterocycles. The number of nitriles is 1. The van der Waals surface area contributed by atoms with Crippen LogP contribution in [0.5, 0.6) is 0 Å². The van der Waals surface area contributed by atoms with E-state index in [-0.39, 0.29) is 5.02 Å². The molecule has 108 valence electrons. The maximum absolute atomic E-state index is 12.6. The third kappa shape index (κ3) is 3.47. The van der Waals surface area contributed by atoms with Gasteiger partial charge in [0, 0.05) is 0 Å². The van der Waals surface area contributed by atoms with Gasteiger partial charge in [-0.05, 0) is 42.8 Å². The molecule has 0 radical (unpaired) electrons. The molecule has 0 aromatic heterocycles. The van der Waals surface area contributed by atoms with Gasteiger partial charge in [0.2, 0.25) is 0 Å². The van der Waals surface area contributed by atoms with E-state index in [1.54, 1.807) is 18.2 Å². The molecule has 0 unspecified atom stereocenters. The van der Waals surface area contributed by atoms with Crippen LogP contribution in [0.15, 0.2) is 36.4 Å². The number of hydrogen-bond acceptors (Lipinski definition) is 2.